The zero-order valence-electron chi connectivity index (χ0n) is 10.9. The summed E-state index contributed by atoms with van der Waals surface area (Å²) < 4.78 is 26.5. The van der Waals surface area contributed by atoms with Gasteiger partial charge >= 0.3 is 0 Å². The first kappa shape index (κ1) is 15.2. The van der Waals surface area contributed by atoms with E-state index in [0.29, 0.717) is 0 Å². The van der Waals surface area contributed by atoms with Crippen molar-refractivity contribution in [2.45, 2.75) is 11.8 Å². The summed E-state index contributed by atoms with van der Waals surface area (Å²) in [6.07, 6.45) is 1.53. The van der Waals surface area contributed by atoms with Gasteiger partial charge in [0, 0.05) is 11.9 Å². The van der Waals surface area contributed by atoms with Gasteiger partial charge in [-0.1, -0.05) is 17.7 Å². The first-order chi connectivity index (χ1) is 9.39. The van der Waals surface area contributed by atoms with Crippen LogP contribution in [0.3, 0.4) is 0 Å². The quantitative estimate of drug-likeness (QED) is 0.609. The molecular weight excluding hydrogens is 360 g/mol. The highest BCUT2D eigenvalue weighted by molar-refractivity contribution is 9.11. The Hall–Kier alpha value is -1.18. The van der Waals surface area contributed by atoms with Crippen LogP contribution in [0.5, 0.6) is 0 Å². The van der Waals surface area contributed by atoms with Gasteiger partial charge < -0.3 is 0 Å². The van der Waals surface area contributed by atoms with Gasteiger partial charge in [0.25, 0.3) is 10.0 Å². The third-order valence-electron chi connectivity index (χ3n) is 2.61. The van der Waals surface area contributed by atoms with Crippen molar-refractivity contribution >= 4 is 43.5 Å². The van der Waals surface area contributed by atoms with E-state index >= 15 is 0 Å². The average Bonchev–Trinajstić information content (AvgIpc) is 2.82. The minimum atomic E-state index is -3.59. The van der Waals surface area contributed by atoms with Crippen molar-refractivity contribution in [3.63, 3.8) is 0 Å². The molecule has 0 aliphatic heterocycles. The molecule has 4 nitrogen and oxygen atoms in total. The molecule has 0 saturated heterocycles. The molecule has 0 spiro atoms. The molecule has 0 unspecified atom stereocenters. The Balaban J connectivity index is 2.21. The van der Waals surface area contributed by atoms with Crippen molar-refractivity contribution in [3.05, 3.63) is 50.6 Å². The van der Waals surface area contributed by atoms with Crippen LogP contribution in [0.4, 0.5) is 0 Å². The Morgan fingerprint density at radius 1 is 1.20 bits per heavy atom. The molecule has 1 heterocycles. The summed E-state index contributed by atoms with van der Waals surface area (Å²) in [5.74, 6) is 0. The van der Waals surface area contributed by atoms with Crippen molar-refractivity contribution in [1.82, 2.24) is 4.41 Å². The highest BCUT2D eigenvalue weighted by Gasteiger charge is 2.18. The molecule has 0 N–H and O–H groups in total. The van der Waals surface area contributed by atoms with E-state index in [2.05, 4.69) is 21.0 Å². The van der Waals surface area contributed by atoms with E-state index in [0.717, 1.165) is 18.6 Å². The van der Waals surface area contributed by atoms with E-state index in [-0.39, 0.29) is 4.90 Å². The average molecular weight is 373 g/mol. The van der Waals surface area contributed by atoms with E-state index in [9.17, 15) is 8.42 Å². The molecule has 2 aromatic rings. The minimum Gasteiger partial charge on any atom is -0.200 e. The van der Waals surface area contributed by atoms with Crippen LogP contribution >= 0.6 is 27.3 Å². The lowest BCUT2D eigenvalue weighted by Gasteiger charge is -2.13. The number of nitrogens with zero attached hydrogens (tertiary/aromatic N) is 2. The molecule has 1 aromatic heterocycles. The van der Waals surface area contributed by atoms with Crippen LogP contribution in [0.15, 0.2) is 50.2 Å². The minimum absolute atomic E-state index is 0.232. The number of aryl methyl sites for hydroxylation is 1. The van der Waals surface area contributed by atoms with E-state index in [4.69, 9.17) is 0 Å². The van der Waals surface area contributed by atoms with Crippen LogP contribution in [0.25, 0.3) is 0 Å². The Bertz CT molecular complexity index is 721. The van der Waals surface area contributed by atoms with Gasteiger partial charge in [-0.25, -0.2) is 0 Å². The van der Waals surface area contributed by atoms with Gasteiger partial charge in [0.05, 0.1) is 14.9 Å². The second-order valence-electron chi connectivity index (χ2n) is 4.14. The zero-order chi connectivity index (χ0) is 14.8. The first-order valence-corrected chi connectivity index (χ1v) is 8.79. The van der Waals surface area contributed by atoms with Crippen LogP contribution in [-0.4, -0.2) is 26.1 Å². The smallest absolute Gasteiger partial charge is 0.200 e. The molecule has 0 fully saturated rings. The molecule has 20 heavy (non-hydrogen) atoms. The Labute approximate surface area is 130 Å². The van der Waals surface area contributed by atoms with Crippen LogP contribution in [0, 0.1) is 6.92 Å². The van der Waals surface area contributed by atoms with E-state index in [1.165, 1.54) is 24.6 Å². The molecule has 0 amide bonds. The molecule has 106 valence electrons. The number of hydrogen-bond donors (Lipinski definition) is 0. The molecule has 0 aliphatic rings. The molecule has 0 bridgehead atoms. The highest BCUT2D eigenvalue weighted by atomic mass is 79.9. The third-order valence-corrected chi connectivity index (χ3v) is 5.82. The summed E-state index contributed by atoms with van der Waals surface area (Å²) in [6.45, 7) is 1.91. The Morgan fingerprint density at radius 2 is 1.85 bits per heavy atom. The molecule has 1 aromatic carbocycles. The monoisotopic (exact) mass is 372 g/mol. The predicted molar refractivity (Wildman–Crippen MR) is 85.7 cm³/mol. The second kappa shape index (κ2) is 6.07. The number of thiophene rings is 1. The lowest BCUT2D eigenvalue weighted by atomic mass is 10.2. The number of halogens is 1. The van der Waals surface area contributed by atoms with Gasteiger partial charge in [0.1, 0.15) is 0 Å². The van der Waals surface area contributed by atoms with Crippen molar-refractivity contribution in [2.75, 3.05) is 7.05 Å². The van der Waals surface area contributed by atoms with Crippen molar-refractivity contribution in [2.24, 2.45) is 5.10 Å². The van der Waals surface area contributed by atoms with Crippen molar-refractivity contribution in [1.29, 1.82) is 0 Å². The lowest BCUT2D eigenvalue weighted by molar-refractivity contribution is 0.491. The van der Waals surface area contributed by atoms with E-state index in [1.54, 1.807) is 24.3 Å². The molecule has 0 saturated carbocycles. The van der Waals surface area contributed by atoms with Crippen LogP contribution in [-0.2, 0) is 10.0 Å². The second-order valence-corrected chi connectivity index (χ2v) is 8.58. The number of hydrazone groups is 1. The SMILES string of the molecule is Cc1ccc(S(=O)(=O)N(C)/N=C/c2ccc(Br)s2)cc1. The standard InChI is InChI=1S/C13H13BrN2O2S2/c1-10-3-6-12(7-4-10)20(17,18)16(2)15-9-11-5-8-13(14)19-11/h3-9H,1-2H3/b15-9+. The summed E-state index contributed by atoms with van der Waals surface area (Å²) in [5.41, 5.74) is 1.01. The molecule has 0 atom stereocenters. The third kappa shape index (κ3) is 3.47. The summed E-state index contributed by atoms with van der Waals surface area (Å²) in [4.78, 5) is 1.11. The van der Waals surface area contributed by atoms with Gasteiger partial charge in [-0.15, -0.1) is 11.3 Å². The predicted octanol–water partition coefficient (Wildman–Crippen LogP) is 3.47. The van der Waals surface area contributed by atoms with E-state index in [1.807, 2.05) is 19.1 Å². The summed E-state index contributed by atoms with van der Waals surface area (Å²) in [6, 6.07) is 10.4. The summed E-state index contributed by atoms with van der Waals surface area (Å²) >= 11 is 4.83. The van der Waals surface area contributed by atoms with E-state index < -0.39 is 10.0 Å². The lowest BCUT2D eigenvalue weighted by Crippen LogP contribution is -2.21. The zero-order valence-corrected chi connectivity index (χ0v) is 14.2. The highest BCUT2D eigenvalue weighted by Crippen LogP contribution is 2.21. The van der Waals surface area contributed by atoms with Gasteiger partial charge in [0.15, 0.2) is 0 Å². The fourth-order valence-corrected chi connectivity index (χ4v) is 3.71. The van der Waals surface area contributed by atoms with Gasteiger partial charge in [-0.05, 0) is 47.1 Å². The van der Waals surface area contributed by atoms with Gasteiger partial charge in [-0.2, -0.15) is 17.9 Å². The number of hydrogen-bond acceptors (Lipinski definition) is 4. The number of rotatable bonds is 4. The Morgan fingerprint density at radius 3 is 2.40 bits per heavy atom. The topological polar surface area (TPSA) is 49.7 Å². The maximum absolute atomic E-state index is 12.3. The number of sulfonamides is 1. The number of benzene rings is 1. The summed E-state index contributed by atoms with van der Waals surface area (Å²) in [7, 11) is -2.17. The fraction of sp³-hybridized carbons (Fsp3) is 0.154. The molecule has 7 heteroatoms. The first-order valence-electron chi connectivity index (χ1n) is 5.74. The summed E-state index contributed by atoms with van der Waals surface area (Å²) in [5, 5.41) is 3.99. The maximum atomic E-state index is 12.3. The fourth-order valence-electron chi connectivity index (χ4n) is 1.46. The van der Waals surface area contributed by atoms with Crippen LogP contribution in [0.2, 0.25) is 0 Å². The molecule has 0 radical (unpaired) electrons. The van der Waals surface area contributed by atoms with Crippen molar-refractivity contribution < 1.29 is 8.42 Å². The van der Waals surface area contributed by atoms with Crippen LogP contribution in [0.1, 0.15) is 10.4 Å². The normalized spacial score (nSPS) is 11.9. The van der Waals surface area contributed by atoms with Gasteiger partial charge in [-0.3, -0.25) is 0 Å². The van der Waals surface area contributed by atoms with Gasteiger partial charge in [0.2, 0.25) is 0 Å². The largest absolute Gasteiger partial charge is 0.278 e. The maximum Gasteiger partial charge on any atom is 0.278 e. The Kier molecular flexibility index (Phi) is 4.62. The molecule has 2 rings (SSSR count). The van der Waals surface area contributed by atoms with Crippen molar-refractivity contribution in [3.8, 4) is 0 Å². The van der Waals surface area contributed by atoms with Crippen LogP contribution < -0.4 is 0 Å². The molecular formula is C13H13BrN2O2S2. The molecule has 0 aliphatic carbocycles.